The molecule has 18 heteroatoms. The first-order valence-electron chi connectivity index (χ1n) is 15.6. The minimum atomic E-state index is -5.34. The lowest BCUT2D eigenvalue weighted by Gasteiger charge is -2.43. The largest absolute Gasteiger partial charge is 0.472 e. The van der Waals surface area contributed by atoms with Gasteiger partial charge in [0.15, 0.2) is 6.10 Å². The van der Waals surface area contributed by atoms with Crippen molar-refractivity contribution in [3.8, 4) is 0 Å². The molecular weight excluding hydrogens is 642 g/mol. The van der Waals surface area contributed by atoms with E-state index in [0.717, 1.165) is 64.2 Å². The molecule has 0 saturated heterocycles. The maximum atomic E-state index is 12.7. The molecule has 266 valence electrons. The quantitative estimate of drug-likeness (QED) is 0.0435. The molecule has 8 atom stereocenters. The Morgan fingerprint density at radius 1 is 0.622 bits per heavy atom. The van der Waals surface area contributed by atoms with Crippen molar-refractivity contribution >= 4 is 27.6 Å². The molecule has 0 aliphatic heterocycles. The molecule has 0 aromatic carbocycles. The van der Waals surface area contributed by atoms with Gasteiger partial charge in [0, 0.05) is 12.8 Å². The van der Waals surface area contributed by atoms with Crippen molar-refractivity contribution in [3.05, 3.63) is 0 Å². The number of esters is 2. The first-order valence-corrected chi connectivity index (χ1v) is 18.6. The molecule has 1 rings (SSSR count). The SMILES string of the molecule is CCCCCCCCC(=O)OC[C@H](COP(=O)(O)O[C@@H]1[C@H](O)[C@H](OP(=O)(O)O)[C@@H](O)[C@H](O)[C@H]1O)OC(=O)CCCCCCCC. The summed E-state index contributed by atoms with van der Waals surface area (Å²) in [5, 5.41) is 40.7. The fourth-order valence-electron chi connectivity index (χ4n) is 4.67. The zero-order chi connectivity index (χ0) is 34.0. The Bertz CT molecular complexity index is 946. The van der Waals surface area contributed by atoms with Crippen LogP contribution in [0.5, 0.6) is 0 Å². The van der Waals surface area contributed by atoms with Crippen molar-refractivity contribution in [1.82, 2.24) is 0 Å². The second kappa shape index (κ2) is 21.8. The smallest absolute Gasteiger partial charge is 0.462 e. The Kier molecular flexibility index (Phi) is 20.3. The van der Waals surface area contributed by atoms with E-state index < -0.39 is 83.5 Å². The van der Waals surface area contributed by atoms with Gasteiger partial charge in [-0.25, -0.2) is 9.13 Å². The summed E-state index contributed by atoms with van der Waals surface area (Å²) >= 11 is 0. The van der Waals surface area contributed by atoms with Crippen LogP contribution < -0.4 is 0 Å². The van der Waals surface area contributed by atoms with Crippen molar-refractivity contribution in [2.24, 2.45) is 0 Å². The van der Waals surface area contributed by atoms with Gasteiger partial charge < -0.3 is 44.6 Å². The number of ether oxygens (including phenoxy) is 2. The van der Waals surface area contributed by atoms with E-state index in [2.05, 4.69) is 18.4 Å². The van der Waals surface area contributed by atoms with Gasteiger partial charge in [0.2, 0.25) is 0 Å². The molecule has 16 nitrogen and oxygen atoms in total. The zero-order valence-electron chi connectivity index (χ0n) is 26.1. The van der Waals surface area contributed by atoms with Crippen LogP contribution in [0, 0.1) is 0 Å². The van der Waals surface area contributed by atoms with Gasteiger partial charge in [-0.2, -0.15) is 0 Å². The van der Waals surface area contributed by atoms with E-state index in [1.54, 1.807) is 0 Å². The first-order chi connectivity index (χ1) is 21.1. The molecule has 1 unspecified atom stereocenters. The maximum absolute atomic E-state index is 12.7. The number of hydrogen-bond donors (Lipinski definition) is 7. The summed E-state index contributed by atoms with van der Waals surface area (Å²) in [4.78, 5) is 53.1. The molecule has 1 fully saturated rings. The normalized spacial score (nSPS) is 25.8. The van der Waals surface area contributed by atoms with Crippen LogP contribution in [0.25, 0.3) is 0 Å². The average Bonchev–Trinajstić information content (AvgIpc) is 2.97. The molecule has 0 radical (unpaired) electrons. The number of phosphoric acid groups is 2. The minimum absolute atomic E-state index is 0.0449. The second-order valence-corrected chi connectivity index (χ2v) is 13.8. The predicted molar refractivity (Wildman–Crippen MR) is 158 cm³/mol. The molecular formula is C27H52O16P2. The van der Waals surface area contributed by atoms with Crippen LogP contribution in [0.1, 0.15) is 104 Å². The number of aliphatic hydroxyl groups is 4. The molecule has 0 spiro atoms. The second-order valence-electron chi connectivity index (χ2n) is 11.2. The summed E-state index contributed by atoms with van der Waals surface area (Å²) in [5.41, 5.74) is 0. The summed E-state index contributed by atoms with van der Waals surface area (Å²) < 4.78 is 48.4. The molecule has 0 aromatic rings. The highest BCUT2D eigenvalue weighted by Crippen LogP contribution is 2.49. The van der Waals surface area contributed by atoms with Crippen molar-refractivity contribution in [3.63, 3.8) is 0 Å². The lowest BCUT2D eigenvalue weighted by molar-refractivity contribution is -0.216. The number of aliphatic hydroxyl groups excluding tert-OH is 4. The summed E-state index contributed by atoms with van der Waals surface area (Å²) in [7, 11) is -10.6. The van der Waals surface area contributed by atoms with E-state index in [4.69, 9.17) is 28.3 Å². The Morgan fingerprint density at radius 2 is 1.09 bits per heavy atom. The minimum Gasteiger partial charge on any atom is -0.462 e. The van der Waals surface area contributed by atoms with Gasteiger partial charge in [0.1, 0.15) is 43.2 Å². The van der Waals surface area contributed by atoms with Gasteiger partial charge in [0.05, 0.1) is 6.61 Å². The van der Waals surface area contributed by atoms with Gasteiger partial charge in [0.25, 0.3) is 0 Å². The highest BCUT2D eigenvalue weighted by Gasteiger charge is 2.54. The van der Waals surface area contributed by atoms with E-state index in [9.17, 15) is 44.0 Å². The summed E-state index contributed by atoms with van der Waals surface area (Å²) in [6, 6.07) is 0. The number of hydrogen-bond acceptors (Lipinski definition) is 13. The third kappa shape index (κ3) is 17.6. The number of unbranched alkanes of at least 4 members (excludes halogenated alkanes) is 10. The van der Waals surface area contributed by atoms with Gasteiger partial charge in [-0.15, -0.1) is 0 Å². The topological polar surface area (TPSA) is 256 Å². The third-order valence-electron chi connectivity index (χ3n) is 7.18. The first kappa shape index (κ1) is 42.0. The highest BCUT2D eigenvalue weighted by molar-refractivity contribution is 7.47. The maximum Gasteiger partial charge on any atom is 0.472 e. The lowest BCUT2D eigenvalue weighted by atomic mass is 9.85. The van der Waals surface area contributed by atoms with Gasteiger partial charge in [-0.1, -0.05) is 78.1 Å². The molecule has 7 N–H and O–H groups in total. The van der Waals surface area contributed by atoms with Crippen molar-refractivity contribution in [2.45, 2.75) is 146 Å². The standard InChI is InChI=1S/C27H52O16P2/c1-3-5-7-9-11-13-15-20(28)39-17-19(41-21(29)16-14-12-10-8-6-4-2)18-40-45(37,38)43-27-24(32)22(30)23(31)26(25(27)33)42-44(34,35)36/h19,22-27,30-33H,3-18H2,1-2H3,(H,37,38)(H2,34,35,36)/t19-,22+,23+,24-,25-,26-,27+/m1/s1. The van der Waals surface area contributed by atoms with Crippen molar-refractivity contribution < 1.29 is 76.9 Å². The Morgan fingerprint density at radius 3 is 1.60 bits per heavy atom. The summed E-state index contributed by atoms with van der Waals surface area (Å²) in [6.45, 7) is 2.85. The van der Waals surface area contributed by atoms with Crippen LogP contribution in [0.2, 0.25) is 0 Å². The molecule has 0 bridgehead atoms. The Balaban J connectivity index is 2.81. The van der Waals surface area contributed by atoms with Gasteiger partial charge in [-0.05, 0) is 12.8 Å². The fourth-order valence-corrected chi connectivity index (χ4v) is 6.21. The number of phosphoric ester groups is 2. The van der Waals surface area contributed by atoms with E-state index >= 15 is 0 Å². The molecule has 1 aliphatic rings. The summed E-state index contributed by atoms with van der Waals surface area (Å²) in [6.07, 6.45) is -3.42. The summed E-state index contributed by atoms with van der Waals surface area (Å²) in [5.74, 6) is -1.23. The zero-order valence-corrected chi connectivity index (χ0v) is 27.8. The molecule has 0 amide bonds. The number of rotatable bonds is 24. The van der Waals surface area contributed by atoms with Crippen LogP contribution in [0.15, 0.2) is 0 Å². The third-order valence-corrected chi connectivity index (χ3v) is 8.68. The Labute approximate surface area is 264 Å². The van der Waals surface area contributed by atoms with Gasteiger partial charge in [-0.3, -0.25) is 23.2 Å². The van der Waals surface area contributed by atoms with Crippen molar-refractivity contribution in [1.29, 1.82) is 0 Å². The average molecular weight is 695 g/mol. The predicted octanol–water partition coefficient (Wildman–Crippen LogP) is 2.38. The molecule has 0 aromatic heterocycles. The van der Waals surface area contributed by atoms with Crippen molar-refractivity contribution in [2.75, 3.05) is 13.2 Å². The van der Waals surface area contributed by atoms with Crippen LogP contribution in [-0.2, 0) is 41.8 Å². The van der Waals surface area contributed by atoms with Crippen LogP contribution >= 0.6 is 15.6 Å². The fraction of sp³-hybridized carbons (Fsp3) is 0.926. The van der Waals surface area contributed by atoms with E-state index in [-0.39, 0.29) is 12.8 Å². The Hall–Kier alpha value is -1.00. The lowest BCUT2D eigenvalue weighted by Crippen LogP contribution is -2.64. The molecule has 1 saturated carbocycles. The van der Waals surface area contributed by atoms with E-state index in [1.165, 1.54) is 0 Å². The highest BCUT2D eigenvalue weighted by atomic mass is 31.2. The number of carbonyl (C=O) groups is 2. The van der Waals surface area contributed by atoms with Crippen LogP contribution in [0.3, 0.4) is 0 Å². The van der Waals surface area contributed by atoms with E-state index in [0.29, 0.717) is 12.8 Å². The van der Waals surface area contributed by atoms with Crippen LogP contribution in [0.4, 0.5) is 0 Å². The molecule has 45 heavy (non-hydrogen) atoms. The molecule has 0 heterocycles. The van der Waals surface area contributed by atoms with Gasteiger partial charge >= 0.3 is 27.6 Å². The monoisotopic (exact) mass is 694 g/mol. The number of carbonyl (C=O) groups excluding carboxylic acids is 2. The van der Waals surface area contributed by atoms with Crippen LogP contribution in [-0.4, -0.2) is 103 Å². The van der Waals surface area contributed by atoms with E-state index in [1.807, 2.05) is 0 Å². The molecule has 1 aliphatic carbocycles.